The van der Waals surface area contributed by atoms with Crippen LogP contribution in [0.4, 0.5) is 0 Å². The Morgan fingerprint density at radius 3 is 2.59 bits per heavy atom. The number of aliphatic imine (C=N–C) groups is 1. The molecule has 2 aliphatic rings. The monoisotopic (exact) mass is 489 g/mol. The summed E-state index contributed by atoms with van der Waals surface area (Å²) in [6.07, 6.45) is 9.08. The van der Waals surface area contributed by atoms with E-state index in [1.54, 1.807) is 0 Å². The molecule has 1 saturated carbocycles. The molecular formula is C19H36IN7. The van der Waals surface area contributed by atoms with Gasteiger partial charge in [-0.25, -0.2) is 4.99 Å². The van der Waals surface area contributed by atoms with Crippen LogP contribution in [-0.2, 0) is 13.6 Å². The second kappa shape index (κ2) is 11.2. The number of nitrogens with one attached hydrogen (secondary N) is 2. The molecule has 27 heavy (non-hydrogen) atoms. The van der Waals surface area contributed by atoms with Crippen LogP contribution >= 0.6 is 24.0 Å². The molecule has 1 atom stereocenters. The first kappa shape index (κ1) is 22.4. The van der Waals surface area contributed by atoms with E-state index in [0.717, 1.165) is 30.7 Å². The molecule has 2 N–H and O–H groups in total. The van der Waals surface area contributed by atoms with Gasteiger partial charge in [0.2, 0.25) is 0 Å². The molecule has 154 valence electrons. The van der Waals surface area contributed by atoms with Crippen molar-refractivity contribution in [1.29, 1.82) is 0 Å². The van der Waals surface area contributed by atoms with Crippen molar-refractivity contribution >= 4 is 29.9 Å². The number of guanidine groups is 1. The number of nitrogens with zero attached hydrogens (tertiary/aromatic N) is 5. The first-order chi connectivity index (χ1) is 12.7. The van der Waals surface area contributed by atoms with Crippen molar-refractivity contribution in [2.75, 3.05) is 19.6 Å². The highest BCUT2D eigenvalue weighted by atomic mass is 127. The van der Waals surface area contributed by atoms with E-state index >= 15 is 0 Å². The highest BCUT2D eigenvalue weighted by Gasteiger charge is 2.23. The summed E-state index contributed by atoms with van der Waals surface area (Å²) in [5, 5.41) is 15.7. The molecule has 1 saturated heterocycles. The summed E-state index contributed by atoms with van der Waals surface area (Å²) in [6, 6.07) is 1.16. The van der Waals surface area contributed by atoms with Gasteiger partial charge in [0.05, 0.1) is 0 Å². The molecule has 8 heteroatoms. The summed E-state index contributed by atoms with van der Waals surface area (Å²) in [5.74, 6) is 2.76. The van der Waals surface area contributed by atoms with Gasteiger partial charge in [0.25, 0.3) is 0 Å². The number of aromatic nitrogens is 3. The van der Waals surface area contributed by atoms with Crippen molar-refractivity contribution in [3.8, 4) is 0 Å². The lowest BCUT2D eigenvalue weighted by molar-refractivity contribution is 0.266. The quantitative estimate of drug-likeness (QED) is 0.365. The van der Waals surface area contributed by atoms with Crippen LogP contribution in [0, 0.1) is 6.92 Å². The Kier molecular flexibility index (Phi) is 9.28. The Labute approximate surface area is 180 Å². The smallest absolute Gasteiger partial charge is 0.191 e. The van der Waals surface area contributed by atoms with Gasteiger partial charge in [-0.15, -0.1) is 34.2 Å². The van der Waals surface area contributed by atoms with Gasteiger partial charge in [-0.05, 0) is 45.7 Å². The lowest BCUT2D eigenvalue weighted by Gasteiger charge is -2.27. The van der Waals surface area contributed by atoms with E-state index in [1.165, 1.54) is 51.5 Å². The van der Waals surface area contributed by atoms with Gasteiger partial charge in [0.1, 0.15) is 12.4 Å². The Morgan fingerprint density at radius 1 is 1.15 bits per heavy atom. The number of likely N-dealkylation sites (tertiary alicyclic amines) is 1. The highest BCUT2D eigenvalue weighted by Crippen LogP contribution is 2.18. The third kappa shape index (κ3) is 6.30. The van der Waals surface area contributed by atoms with E-state index in [9.17, 15) is 0 Å². The summed E-state index contributed by atoms with van der Waals surface area (Å²) in [4.78, 5) is 7.39. The normalized spacial score (nSPS) is 21.9. The highest BCUT2D eigenvalue weighted by molar-refractivity contribution is 14.0. The van der Waals surface area contributed by atoms with Crippen LogP contribution in [0.25, 0.3) is 0 Å². The summed E-state index contributed by atoms with van der Waals surface area (Å²) < 4.78 is 2.01. The minimum absolute atomic E-state index is 0. The largest absolute Gasteiger partial charge is 0.355 e. The van der Waals surface area contributed by atoms with Gasteiger partial charge in [-0.1, -0.05) is 26.2 Å². The fourth-order valence-electron chi connectivity index (χ4n) is 4.09. The van der Waals surface area contributed by atoms with Gasteiger partial charge < -0.3 is 15.2 Å². The molecule has 0 spiro atoms. The molecule has 1 aliphatic heterocycles. The summed E-state index contributed by atoms with van der Waals surface area (Å²) in [6.45, 7) is 8.10. The van der Waals surface area contributed by atoms with Crippen LogP contribution in [0.2, 0.25) is 0 Å². The lowest BCUT2D eigenvalue weighted by atomic mass is 9.96. The van der Waals surface area contributed by atoms with Crippen molar-refractivity contribution in [3.63, 3.8) is 0 Å². The maximum Gasteiger partial charge on any atom is 0.191 e. The van der Waals surface area contributed by atoms with Gasteiger partial charge in [-0.2, -0.15) is 0 Å². The van der Waals surface area contributed by atoms with E-state index < -0.39 is 0 Å². The van der Waals surface area contributed by atoms with Crippen molar-refractivity contribution in [2.45, 2.75) is 77.4 Å². The van der Waals surface area contributed by atoms with Crippen LogP contribution in [0.5, 0.6) is 0 Å². The van der Waals surface area contributed by atoms with E-state index in [4.69, 9.17) is 4.99 Å². The van der Waals surface area contributed by atoms with Gasteiger partial charge in [0, 0.05) is 25.7 Å². The van der Waals surface area contributed by atoms with Gasteiger partial charge >= 0.3 is 0 Å². The molecule has 0 bridgehead atoms. The first-order valence-corrected chi connectivity index (χ1v) is 10.3. The molecule has 1 unspecified atom stereocenters. The third-order valence-electron chi connectivity index (χ3n) is 5.92. The van der Waals surface area contributed by atoms with Crippen molar-refractivity contribution in [1.82, 2.24) is 30.3 Å². The number of likely N-dealkylation sites (N-methyl/N-ethyl adjacent to an activating group) is 1. The van der Waals surface area contributed by atoms with Gasteiger partial charge in [0.15, 0.2) is 11.8 Å². The Bertz CT molecular complexity index is 595. The second-order valence-electron chi connectivity index (χ2n) is 7.67. The summed E-state index contributed by atoms with van der Waals surface area (Å²) in [7, 11) is 2.00. The number of aryl methyl sites for hydroxylation is 1. The van der Waals surface area contributed by atoms with Gasteiger partial charge in [-0.3, -0.25) is 4.90 Å². The van der Waals surface area contributed by atoms with E-state index in [0.29, 0.717) is 18.6 Å². The molecule has 2 fully saturated rings. The van der Waals surface area contributed by atoms with Crippen LogP contribution in [0.1, 0.15) is 63.5 Å². The Hall–Kier alpha value is -0.900. The zero-order valence-electron chi connectivity index (χ0n) is 17.1. The molecule has 0 aromatic carbocycles. The van der Waals surface area contributed by atoms with Crippen molar-refractivity contribution in [3.05, 3.63) is 11.6 Å². The minimum atomic E-state index is 0. The van der Waals surface area contributed by atoms with Crippen LogP contribution < -0.4 is 10.6 Å². The molecule has 1 aliphatic carbocycles. The standard InChI is InChI=1S/C19H35N7.HI/c1-4-26-12-8-11-17(26)13-20-19(22-16-9-6-5-7-10-16)21-14-18-24-23-15(2)25(18)3;/h16-17H,4-14H2,1-3H3,(H2,20,21,22);1H. The Morgan fingerprint density at radius 2 is 1.93 bits per heavy atom. The zero-order valence-corrected chi connectivity index (χ0v) is 19.4. The predicted octanol–water partition coefficient (Wildman–Crippen LogP) is 2.59. The molecule has 0 amide bonds. The summed E-state index contributed by atoms with van der Waals surface area (Å²) in [5.41, 5.74) is 0. The fourth-order valence-corrected chi connectivity index (χ4v) is 4.09. The van der Waals surface area contributed by atoms with Crippen LogP contribution in [0.15, 0.2) is 4.99 Å². The third-order valence-corrected chi connectivity index (χ3v) is 5.92. The van der Waals surface area contributed by atoms with Crippen LogP contribution in [-0.4, -0.2) is 57.3 Å². The molecule has 0 radical (unpaired) electrons. The number of hydrogen-bond acceptors (Lipinski definition) is 4. The fraction of sp³-hybridized carbons (Fsp3) is 0.842. The maximum atomic E-state index is 4.83. The molecule has 3 rings (SSSR count). The lowest BCUT2D eigenvalue weighted by Crippen LogP contribution is -2.48. The topological polar surface area (TPSA) is 70.4 Å². The second-order valence-corrected chi connectivity index (χ2v) is 7.67. The molecule has 2 heterocycles. The number of hydrogen-bond donors (Lipinski definition) is 2. The van der Waals surface area contributed by atoms with Crippen molar-refractivity contribution in [2.24, 2.45) is 12.0 Å². The minimum Gasteiger partial charge on any atom is -0.355 e. The van der Waals surface area contributed by atoms with E-state index in [-0.39, 0.29) is 24.0 Å². The maximum absolute atomic E-state index is 4.83. The average Bonchev–Trinajstić information content (AvgIpc) is 3.25. The zero-order chi connectivity index (χ0) is 18.4. The summed E-state index contributed by atoms with van der Waals surface area (Å²) >= 11 is 0. The van der Waals surface area contributed by atoms with E-state index in [2.05, 4.69) is 32.7 Å². The number of halogens is 1. The number of rotatable bonds is 6. The first-order valence-electron chi connectivity index (χ1n) is 10.3. The SMILES string of the molecule is CCN1CCCC1CNC(=NCc1nnc(C)n1C)NC1CCCCC1.I. The molecular weight excluding hydrogens is 453 g/mol. The van der Waals surface area contributed by atoms with Crippen molar-refractivity contribution < 1.29 is 0 Å². The van der Waals surface area contributed by atoms with Crippen LogP contribution in [0.3, 0.4) is 0 Å². The average molecular weight is 489 g/mol. The van der Waals surface area contributed by atoms with E-state index in [1.807, 2.05) is 18.5 Å². The molecule has 7 nitrogen and oxygen atoms in total. The Balaban J connectivity index is 0.00000261. The predicted molar refractivity (Wildman–Crippen MR) is 121 cm³/mol. The molecule has 1 aromatic rings. The molecule has 1 aromatic heterocycles.